The monoisotopic (exact) mass is 251 g/mol. The minimum absolute atomic E-state index is 0. The van der Waals surface area contributed by atoms with Gasteiger partial charge in [0.15, 0.2) is 0 Å². The minimum Gasteiger partial charge on any atom is -0.497 e. The van der Waals surface area contributed by atoms with Crippen LogP contribution in [0.2, 0.25) is 0 Å². The summed E-state index contributed by atoms with van der Waals surface area (Å²) in [5.41, 5.74) is 1.21. The number of hydrogen-bond acceptors (Lipinski definition) is 2. The second-order valence-electron chi connectivity index (χ2n) is 4.25. The summed E-state index contributed by atoms with van der Waals surface area (Å²) in [6.07, 6.45) is 1.43. The maximum absolute atomic E-state index is 10.9. The van der Waals surface area contributed by atoms with Crippen molar-refractivity contribution in [2.75, 3.05) is 7.11 Å². The predicted molar refractivity (Wildman–Crippen MR) is 69.5 cm³/mol. The van der Waals surface area contributed by atoms with Gasteiger partial charge >= 0.3 is 29.6 Å². The number of benzene rings is 2. The fraction of sp³-hybridized carbons (Fsp3) is 0.267. The zero-order chi connectivity index (χ0) is 12.3. The first kappa shape index (κ1) is 15.2. The molecule has 0 radical (unpaired) electrons. The van der Waals surface area contributed by atoms with Crippen molar-refractivity contribution in [2.24, 2.45) is 0 Å². The molecule has 18 heavy (non-hydrogen) atoms. The van der Waals surface area contributed by atoms with E-state index in [1.807, 2.05) is 18.2 Å². The van der Waals surface area contributed by atoms with Crippen LogP contribution in [0.4, 0.5) is 0 Å². The Hall–Kier alpha value is -0.830. The van der Waals surface area contributed by atoms with Gasteiger partial charge in [0, 0.05) is 6.42 Å². The van der Waals surface area contributed by atoms with Crippen LogP contribution in [0.1, 0.15) is 18.9 Å². The van der Waals surface area contributed by atoms with E-state index in [1.54, 1.807) is 14.0 Å². The van der Waals surface area contributed by atoms with E-state index < -0.39 is 0 Å². The van der Waals surface area contributed by atoms with Gasteiger partial charge in [0.2, 0.25) is 0 Å². The van der Waals surface area contributed by atoms with Gasteiger partial charge in [-0.05, 0) is 41.8 Å². The summed E-state index contributed by atoms with van der Waals surface area (Å²) < 4.78 is 5.19. The van der Waals surface area contributed by atoms with E-state index >= 15 is 0 Å². The normalized spacial score (nSPS) is 9.89. The molecule has 2 aromatic rings. The molecule has 0 spiro atoms. The second-order valence-corrected chi connectivity index (χ2v) is 4.25. The molecule has 0 aliphatic carbocycles. The summed E-state index contributed by atoms with van der Waals surface area (Å²) in [7, 11) is 1.67. The van der Waals surface area contributed by atoms with Crippen LogP contribution in [0.25, 0.3) is 10.8 Å². The summed E-state index contributed by atoms with van der Waals surface area (Å²) in [6.45, 7) is 1.63. The van der Waals surface area contributed by atoms with Crippen molar-refractivity contribution < 1.29 is 39.1 Å². The molecule has 0 saturated carbocycles. The van der Waals surface area contributed by atoms with Gasteiger partial charge in [-0.15, -0.1) is 0 Å². The van der Waals surface area contributed by atoms with Gasteiger partial charge in [-0.1, -0.05) is 24.3 Å². The smallest absolute Gasteiger partial charge is 0.497 e. The SMILES string of the molecule is COc1ccc2cc(CCC(C)=O)ccc2c1.[Na+]. The third kappa shape index (κ3) is 3.84. The van der Waals surface area contributed by atoms with Gasteiger partial charge in [0.05, 0.1) is 7.11 Å². The molecular formula is C15H16NaO2+. The summed E-state index contributed by atoms with van der Waals surface area (Å²) >= 11 is 0. The van der Waals surface area contributed by atoms with Gasteiger partial charge in [0.25, 0.3) is 0 Å². The van der Waals surface area contributed by atoms with Crippen molar-refractivity contribution in [1.29, 1.82) is 0 Å². The first-order valence-corrected chi connectivity index (χ1v) is 5.75. The molecule has 2 nitrogen and oxygen atoms in total. The van der Waals surface area contributed by atoms with E-state index in [0.717, 1.165) is 17.6 Å². The molecule has 0 saturated heterocycles. The van der Waals surface area contributed by atoms with Crippen LogP contribution >= 0.6 is 0 Å². The molecule has 3 heteroatoms. The number of carbonyl (C=O) groups is 1. The summed E-state index contributed by atoms with van der Waals surface area (Å²) in [5, 5.41) is 2.35. The maximum atomic E-state index is 10.9. The van der Waals surface area contributed by atoms with Crippen LogP contribution in [-0.2, 0) is 11.2 Å². The molecule has 88 valence electrons. The topological polar surface area (TPSA) is 26.3 Å². The van der Waals surface area contributed by atoms with Crippen LogP contribution in [0.3, 0.4) is 0 Å². The van der Waals surface area contributed by atoms with Crippen LogP contribution in [0.15, 0.2) is 36.4 Å². The number of aryl methyl sites for hydroxylation is 1. The third-order valence-electron chi connectivity index (χ3n) is 2.88. The Morgan fingerprint density at radius 1 is 1.11 bits per heavy atom. The average Bonchev–Trinajstić information content (AvgIpc) is 2.35. The fourth-order valence-electron chi connectivity index (χ4n) is 1.88. The number of Topliss-reactive ketones (excluding diaryl/α,β-unsaturated/α-hetero) is 1. The van der Waals surface area contributed by atoms with Crippen molar-refractivity contribution in [1.82, 2.24) is 0 Å². The molecule has 0 aromatic heterocycles. The van der Waals surface area contributed by atoms with Crippen LogP contribution in [0.5, 0.6) is 5.75 Å². The molecule has 0 unspecified atom stereocenters. The Morgan fingerprint density at radius 2 is 1.78 bits per heavy atom. The zero-order valence-electron chi connectivity index (χ0n) is 11.2. The minimum atomic E-state index is 0. The molecule has 0 atom stereocenters. The Labute approximate surface area is 130 Å². The first-order valence-electron chi connectivity index (χ1n) is 5.75. The second kappa shape index (κ2) is 6.93. The predicted octanol–water partition coefficient (Wildman–Crippen LogP) is 0.374. The molecule has 0 heterocycles. The molecule has 0 fully saturated rings. The van der Waals surface area contributed by atoms with Crippen molar-refractivity contribution in [3.8, 4) is 5.75 Å². The number of methoxy groups -OCH3 is 1. The van der Waals surface area contributed by atoms with E-state index in [4.69, 9.17) is 4.74 Å². The van der Waals surface area contributed by atoms with E-state index in [9.17, 15) is 4.79 Å². The van der Waals surface area contributed by atoms with Crippen molar-refractivity contribution in [3.63, 3.8) is 0 Å². The third-order valence-corrected chi connectivity index (χ3v) is 2.88. The number of fused-ring (bicyclic) bond motifs is 1. The van der Waals surface area contributed by atoms with Crippen molar-refractivity contribution >= 4 is 16.6 Å². The van der Waals surface area contributed by atoms with Crippen molar-refractivity contribution in [3.05, 3.63) is 42.0 Å². The number of ether oxygens (including phenoxy) is 1. The Balaban J connectivity index is 0.00000162. The molecule has 0 N–H and O–H groups in total. The maximum Gasteiger partial charge on any atom is 1.00 e. The number of carbonyl (C=O) groups excluding carboxylic acids is 1. The van der Waals surface area contributed by atoms with Crippen LogP contribution in [0, 0.1) is 0 Å². The molecule has 2 rings (SSSR count). The Bertz CT molecular complexity index is 549. The molecule has 2 aromatic carbocycles. The van der Waals surface area contributed by atoms with E-state index in [0.29, 0.717) is 6.42 Å². The number of ketones is 1. The standard InChI is InChI=1S/C15H16O2.Na/c1-11(16)3-4-12-5-6-14-10-15(17-2)8-7-13(14)9-12;/h5-10H,3-4H2,1-2H3;/q;+1. The van der Waals surface area contributed by atoms with E-state index in [2.05, 4.69) is 18.2 Å². The van der Waals surface area contributed by atoms with E-state index in [-0.39, 0.29) is 35.3 Å². The van der Waals surface area contributed by atoms with Crippen molar-refractivity contribution in [2.45, 2.75) is 19.8 Å². The summed E-state index contributed by atoms with van der Waals surface area (Å²) in [5.74, 6) is 1.11. The first-order chi connectivity index (χ1) is 8.19. The van der Waals surface area contributed by atoms with Gasteiger partial charge < -0.3 is 9.53 Å². The van der Waals surface area contributed by atoms with Crippen LogP contribution in [-0.4, -0.2) is 12.9 Å². The molecule has 0 bridgehead atoms. The average molecular weight is 251 g/mol. The number of hydrogen-bond donors (Lipinski definition) is 0. The Morgan fingerprint density at radius 3 is 2.44 bits per heavy atom. The van der Waals surface area contributed by atoms with Gasteiger partial charge in [-0.3, -0.25) is 0 Å². The Kier molecular flexibility index (Phi) is 5.86. The van der Waals surface area contributed by atoms with Gasteiger partial charge in [-0.25, -0.2) is 0 Å². The molecule has 0 aliphatic heterocycles. The fourth-order valence-corrected chi connectivity index (χ4v) is 1.88. The summed E-state index contributed by atoms with van der Waals surface area (Å²) in [4.78, 5) is 10.9. The van der Waals surface area contributed by atoms with E-state index in [1.165, 1.54) is 10.9 Å². The molecular weight excluding hydrogens is 235 g/mol. The molecule has 0 amide bonds. The quantitative estimate of drug-likeness (QED) is 0.734. The van der Waals surface area contributed by atoms with Gasteiger partial charge in [-0.2, -0.15) is 0 Å². The largest absolute Gasteiger partial charge is 1.00 e. The zero-order valence-corrected chi connectivity index (χ0v) is 13.2. The number of rotatable bonds is 4. The molecule has 0 aliphatic rings. The summed E-state index contributed by atoms with van der Waals surface area (Å²) in [6, 6.07) is 12.3. The van der Waals surface area contributed by atoms with Gasteiger partial charge in [0.1, 0.15) is 11.5 Å². The van der Waals surface area contributed by atoms with Crippen LogP contribution < -0.4 is 34.3 Å².